The second-order valence-corrected chi connectivity index (χ2v) is 6.07. The van der Waals surface area contributed by atoms with Crippen LogP contribution in [0.25, 0.3) is 0 Å². The topological polar surface area (TPSA) is 95.9 Å². The van der Waals surface area contributed by atoms with Crippen LogP contribution in [-0.4, -0.2) is 36.8 Å². The fourth-order valence-corrected chi connectivity index (χ4v) is 2.75. The number of pyridine rings is 1. The van der Waals surface area contributed by atoms with Gasteiger partial charge in [0.15, 0.2) is 11.5 Å². The molecule has 0 saturated carbocycles. The second kappa shape index (κ2) is 7.94. The molecule has 8 nitrogen and oxygen atoms in total. The molecule has 2 heterocycles. The average Bonchev–Trinajstić information content (AvgIpc) is 2.68. The molecule has 2 aromatic rings. The summed E-state index contributed by atoms with van der Waals surface area (Å²) >= 11 is 0. The Balaban J connectivity index is 1.69. The van der Waals surface area contributed by atoms with E-state index in [0.29, 0.717) is 24.7 Å². The highest BCUT2D eigenvalue weighted by molar-refractivity contribution is 5.89. The van der Waals surface area contributed by atoms with Crippen molar-refractivity contribution in [2.24, 2.45) is 0 Å². The highest BCUT2D eigenvalue weighted by atomic mass is 16.6. The van der Waals surface area contributed by atoms with Gasteiger partial charge in [-0.3, -0.25) is 9.59 Å². The van der Waals surface area contributed by atoms with Crippen molar-refractivity contribution in [3.05, 3.63) is 58.0 Å². The Morgan fingerprint density at radius 3 is 2.67 bits per heavy atom. The quantitative estimate of drug-likeness (QED) is 0.795. The number of carbonyl (C=O) groups is 2. The zero-order valence-corrected chi connectivity index (χ0v) is 15.1. The van der Waals surface area contributed by atoms with Gasteiger partial charge in [0.05, 0.1) is 18.7 Å². The number of nitrogens with zero attached hydrogens (tertiary/aromatic N) is 1. The van der Waals surface area contributed by atoms with Crippen molar-refractivity contribution in [2.45, 2.75) is 19.5 Å². The van der Waals surface area contributed by atoms with Gasteiger partial charge in [0, 0.05) is 12.3 Å². The van der Waals surface area contributed by atoms with Gasteiger partial charge in [-0.2, -0.15) is 0 Å². The van der Waals surface area contributed by atoms with E-state index in [1.54, 1.807) is 6.07 Å². The maximum absolute atomic E-state index is 12.3. The van der Waals surface area contributed by atoms with E-state index < -0.39 is 5.97 Å². The van der Waals surface area contributed by atoms with E-state index in [2.05, 4.69) is 10.1 Å². The molecule has 1 aromatic carbocycles. The van der Waals surface area contributed by atoms with E-state index >= 15 is 0 Å². The predicted octanol–water partition coefficient (Wildman–Crippen LogP) is 1.28. The van der Waals surface area contributed by atoms with Crippen LogP contribution in [0, 0.1) is 0 Å². The predicted molar refractivity (Wildman–Crippen MR) is 96.0 cm³/mol. The van der Waals surface area contributed by atoms with Gasteiger partial charge in [0.1, 0.15) is 19.8 Å². The Hall–Kier alpha value is -3.29. The SMILES string of the molecule is COC(=O)c1ccc(=O)n(CC(=O)NC(C)c2ccc3c(c2)OCCO3)c1. The number of amides is 1. The molecule has 0 spiro atoms. The lowest BCUT2D eigenvalue weighted by molar-refractivity contribution is -0.122. The van der Waals surface area contributed by atoms with Crippen LogP contribution >= 0.6 is 0 Å². The normalized spacial score (nSPS) is 13.6. The summed E-state index contributed by atoms with van der Waals surface area (Å²) in [5.41, 5.74) is 0.665. The Bertz CT molecular complexity index is 921. The molecule has 0 saturated heterocycles. The van der Waals surface area contributed by atoms with E-state index in [4.69, 9.17) is 9.47 Å². The molecule has 142 valence electrons. The van der Waals surface area contributed by atoms with Gasteiger partial charge in [-0.15, -0.1) is 0 Å². The molecule has 0 fully saturated rings. The van der Waals surface area contributed by atoms with Crippen LogP contribution in [0.2, 0.25) is 0 Å². The monoisotopic (exact) mass is 372 g/mol. The Morgan fingerprint density at radius 2 is 1.93 bits per heavy atom. The minimum absolute atomic E-state index is 0.199. The molecular formula is C19H20N2O6. The van der Waals surface area contributed by atoms with Gasteiger partial charge in [-0.05, 0) is 30.7 Å². The lowest BCUT2D eigenvalue weighted by atomic mass is 10.1. The minimum atomic E-state index is -0.575. The summed E-state index contributed by atoms with van der Waals surface area (Å²) in [5.74, 6) is 0.381. The molecule has 0 radical (unpaired) electrons. The van der Waals surface area contributed by atoms with Crippen LogP contribution in [0.15, 0.2) is 41.3 Å². The van der Waals surface area contributed by atoms with Crippen molar-refractivity contribution < 1.29 is 23.8 Å². The first-order chi connectivity index (χ1) is 13.0. The van der Waals surface area contributed by atoms with E-state index in [-0.39, 0.29) is 29.6 Å². The lowest BCUT2D eigenvalue weighted by Crippen LogP contribution is -2.33. The van der Waals surface area contributed by atoms with Crippen molar-refractivity contribution in [3.63, 3.8) is 0 Å². The van der Waals surface area contributed by atoms with Crippen LogP contribution in [0.1, 0.15) is 28.9 Å². The summed E-state index contributed by atoms with van der Waals surface area (Å²) in [6, 6.07) is 7.76. The number of esters is 1. The Morgan fingerprint density at radius 1 is 1.19 bits per heavy atom. The van der Waals surface area contributed by atoms with Gasteiger partial charge in [0.25, 0.3) is 5.56 Å². The number of carbonyl (C=O) groups excluding carboxylic acids is 2. The molecule has 1 amide bonds. The molecule has 0 bridgehead atoms. The Labute approximate surface area is 155 Å². The van der Waals surface area contributed by atoms with E-state index in [0.717, 1.165) is 10.1 Å². The molecule has 8 heteroatoms. The molecule has 1 aromatic heterocycles. The third-order valence-corrected chi connectivity index (χ3v) is 4.16. The van der Waals surface area contributed by atoms with Crippen LogP contribution in [0.3, 0.4) is 0 Å². The van der Waals surface area contributed by atoms with Crippen molar-refractivity contribution in [3.8, 4) is 11.5 Å². The fourth-order valence-electron chi connectivity index (χ4n) is 2.75. The highest BCUT2D eigenvalue weighted by Gasteiger charge is 2.16. The van der Waals surface area contributed by atoms with E-state index in [9.17, 15) is 14.4 Å². The third-order valence-electron chi connectivity index (χ3n) is 4.16. The molecule has 1 aliphatic rings. The number of methoxy groups -OCH3 is 1. The summed E-state index contributed by atoms with van der Waals surface area (Å²) in [4.78, 5) is 35.9. The first-order valence-electron chi connectivity index (χ1n) is 8.45. The summed E-state index contributed by atoms with van der Waals surface area (Å²) in [7, 11) is 1.25. The number of ether oxygens (including phenoxy) is 3. The molecule has 27 heavy (non-hydrogen) atoms. The van der Waals surface area contributed by atoms with Gasteiger partial charge in [-0.25, -0.2) is 4.79 Å². The summed E-state index contributed by atoms with van der Waals surface area (Å²) in [6.45, 7) is 2.62. The molecular weight excluding hydrogens is 352 g/mol. The van der Waals surface area contributed by atoms with Crippen LogP contribution in [-0.2, 0) is 16.1 Å². The summed E-state index contributed by atoms with van der Waals surface area (Å²) in [6.07, 6.45) is 1.31. The van der Waals surface area contributed by atoms with Crippen molar-refractivity contribution in [1.82, 2.24) is 9.88 Å². The maximum atomic E-state index is 12.3. The first kappa shape index (κ1) is 18.5. The van der Waals surface area contributed by atoms with Crippen molar-refractivity contribution >= 4 is 11.9 Å². The summed E-state index contributed by atoms with van der Waals surface area (Å²) in [5, 5.41) is 2.83. The van der Waals surface area contributed by atoms with Gasteiger partial charge in [0.2, 0.25) is 5.91 Å². The standard InChI is InChI=1S/C19H20N2O6/c1-12(13-3-5-15-16(9-13)27-8-7-26-15)20-17(22)11-21-10-14(19(24)25-2)4-6-18(21)23/h3-6,9-10,12H,7-8,11H2,1-2H3,(H,20,22). The number of nitrogens with one attached hydrogen (secondary N) is 1. The molecule has 1 aliphatic heterocycles. The van der Waals surface area contributed by atoms with Crippen LogP contribution in [0.4, 0.5) is 0 Å². The van der Waals surface area contributed by atoms with Crippen LogP contribution < -0.4 is 20.3 Å². The largest absolute Gasteiger partial charge is 0.486 e. The number of benzene rings is 1. The zero-order chi connectivity index (χ0) is 19.4. The number of rotatable bonds is 5. The van der Waals surface area contributed by atoms with Gasteiger partial charge in [-0.1, -0.05) is 6.07 Å². The number of hydrogen-bond donors (Lipinski definition) is 1. The summed E-state index contributed by atoms with van der Waals surface area (Å²) < 4.78 is 16.8. The molecule has 0 aliphatic carbocycles. The molecule has 1 N–H and O–H groups in total. The zero-order valence-electron chi connectivity index (χ0n) is 15.1. The maximum Gasteiger partial charge on any atom is 0.339 e. The minimum Gasteiger partial charge on any atom is -0.486 e. The van der Waals surface area contributed by atoms with Crippen molar-refractivity contribution in [2.75, 3.05) is 20.3 Å². The molecule has 1 atom stereocenters. The van der Waals surface area contributed by atoms with E-state index in [1.807, 2.05) is 19.1 Å². The highest BCUT2D eigenvalue weighted by Crippen LogP contribution is 2.32. The third kappa shape index (κ3) is 4.28. The van der Waals surface area contributed by atoms with E-state index in [1.165, 1.54) is 25.4 Å². The second-order valence-electron chi connectivity index (χ2n) is 6.07. The smallest absolute Gasteiger partial charge is 0.339 e. The van der Waals surface area contributed by atoms with Crippen molar-refractivity contribution in [1.29, 1.82) is 0 Å². The molecule has 1 unspecified atom stereocenters. The Kier molecular flexibility index (Phi) is 5.44. The number of aromatic nitrogens is 1. The lowest BCUT2D eigenvalue weighted by Gasteiger charge is -2.21. The fraction of sp³-hybridized carbons (Fsp3) is 0.316. The first-order valence-corrected chi connectivity index (χ1v) is 8.45. The van der Waals surface area contributed by atoms with Gasteiger partial charge < -0.3 is 24.1 Å². The molecule has 3 rings (SSSR count). The number of fused-ring (bicyclic) bond motifs is 1. The van der Waals surface area contributed by atoms with Crippen LogP contribution in [0.5, 0.6) is 11.5 Å². The van der Waals surface area contributed by atoms with Gasteiger partial charge >= 0.3 is 5.97 Å². The number of hydrogen-bond acceptors (Lipinski definition) is 6. The average molecular weight is 372 g/mol.